The van der Waals surface area contributed by atoms with E-state index in [0.717, 1.165) is 17.8 Å². The number of nitrogens with zero attached hydrogens (tertiary/aromatic N) is 4. The number of alkyl halides is 2. The Hall–Kier alpha value is -2.42. The summed E-state index contributed by atoms with van der Waals surface area (Å²) >= 11 is 1.14. The molecule has 0 aromatic carbocycles. The second-order valence-corrected chi connectivity index (χ2v) is 7.36. The first-order valence-corrected chi connectivity index (χ1v) is 9.41. The van der Waals surface area contributed by atoms with Gasteiger partial charge in [-0.25, -0.2) is 13.8 Å². The molecule has 0 fully saturated rings. The Kier molecular flexibility index (Phi) is 5.50. The van der Waals surface area contributed by atoms with Crippen molar-refractivity contribution in [2.75, 3.05) is 11.4 Å². The standard InChI is InChI=1S/C18H20F2N4O2S/c1-4-8-23(18-21-10(2)16(27-18)11(3)25)14(26)9-24-13-7-5-6-12(13)15(22-24)17(19)20/h4,17H,1,5-9H2,2-3H3. The molecule has 0 atom stereocenters. The van der Waals surface area contributed by atoms with Crippen molar-refractivity contribution in [3.63, 3.8) is 0 Å². The van der Waals surface area contributed by atoms with Crippen molar-refractivity contribution in [3.05, 3.63) is 40.2 Å². The first-order valence-electron chi connectivity index (χ1n) is 8.59. The van der Waals surface area contributed by atoms with Crippen LogP contribution in [0.4, 0.5) is 13.9 Å². The molecule has 0 saturated carbocycles. The molecule has 144 valence electrons. The van der Waals surface area contributed by atoms with E-state index < -0.39 is 6.43 Å². The molecule has 0 spiro atoms. The lowest BCUT2D eigenvalue weighted by molar-refractivity contribution is -0.119. The molecule has 0 unspecified atom stereocenters. The molecule has 1 amide bonds. The number of aryl methyl sites for hydroxylation is 1. The molecule has 0 aliphatic heterocycles. The van der Waals surface area contributed by atoms with Crippen molar-refractivity contribution in [3.8, 4) is 0 Å². The smallest absolute Gasteiger partial charge is 0.282 e. The molecule has 27 heavy (non-hydrogen) atoms. The highest BCUT2D eigenvalue weighted by atomic mass is 32.1. The van der Waals surface area contributed by atoms with E-state index in [0.29, 0.717) is 39.8 Å². The number of fused-ring (bicyclic) bond motifs is 1. The van der Waals surface area contributed by atoms with Gasteiger partial charge >= 0.3 is 0 Å². The maximum atomic E-state index is 13.2. The summed E-state index contributed by atoms with van der Waals surface area (Å²) in [6.07, 6.45) is 0.880. The summed E-state index contributed by atoms with van der Waals surface area (Å²) in [4.78, 5) is 30.8. The molecule has 9 heteroatoms. The van der Waals surface area contributed by atoms with Crippen LogP contribution < -0.4 is 4.90 Å². The summed E-state index contributed by atoms with van der Waals surface area (Å²) in [5.74, 6) is -0.453. The Morgan fingerprint density at radius 3 is 2.74 bits per heavy atom. The number of aromatic nitrogens is 3. The summed E-state index contributed by atoms with van der Waals surface area (Å²) in [5, 5.41) is 4.37. The zero-order valence-corrected chi connectivity index (χ0v) is 16.0. The Morgan fingerprint density at radius 2 is 2.15 bits per heavy atom. The van der Waals surface area contributed by atoms with E-state index in [2.05, 4.69) is 16.7 Å². The van der Waals surface area contributed by atoms with Gasteiger partial charge in [-0.15, -0.1) is 6.58 Å². The van der Waals surface area contributed by atoms with Gasteiger partial charge in [0.15, 0.2) is 10.9 Å². The van der Waals surface area contributed by atoms with Crippen LogP contribution in [0.2, 0.25) is 0 Å². The monoisotopic (exact) mass is 394 g/mol. The fraction of sp³-hybridized carbons (Fsp3) is 0.444. The van der Waals surface area contributed by atoms with Crippen LogP contribution >= 0.6 is 11.3 Å². The molecule has 0 bridgehead atoms. The number of hydrogen-bond acceptors (Lipinski definition) is 5. The summed E-state index contributed by atoms with van der Waals surface area (Å²) in [6, 6.07) is 0. The normalized spacial score (nSPS) is 13.1. The lowest BCUT2D eigenvalue weighted by Crippen LogP contribution is -2.34. The number of anilines is 1. The van der Waals surface area contributed by atoms with Crippen LogP contribution in [0.25, 0.3) is 0 Å². The minimum atomic E-state index is -2.66. The Bertz CT molecular complexity index is 904. The van der Waals surface area contributed by atoms with Gasteiger partial charge in [0.25, 0.3) is 12.3 Å². The third kappa shape index (κ3) is 3.69. The number of amides is 1. The van der Waals surface area contributed by atoms with Gasteiger partial charge in [-0.05, 0) is 26.2 Å². The Morgan fingerprint density at radius 1 is 1.41 bits per heavy atom. The molecule has 1 aliphatic rings. The lowest BCUT2D eigenvalue weighted by atomic mass is 10.2. The van der Waals surface area contributed by atoms with E-state index in [1.165, 1.54) is 16.5 Å². The number of carbonyl (C=O) groups excluding carboxylic acids is 2. The number of rotatable bonds is 7. The fourth-order valence-corrected chi connectivity index (χ4v) is 4.29. The van der Waals surface area contributed by atoms with Crippen molar-refractivity contribution < 1.29 is 18.4 Å². The third-order valence-electron chi connectivity index (χ3n) is 4.48. The lowest BCUT2D eigenvalue weighted by Gasteiger charge is -2.18. The molecule has 1 aliphatic carbocycles. The van der Waals surface area contributed by atoms with Gasteiger partial charge in [0.2, 0.25) is 0 Å². The summed E-state index contributed by atoms with van der Waals surface area (Å²) in [6.45, 7) is 6.86. The quantitative estimate of drug-likeness (QED) is 0.532. The first-order chi connectivity index (χ1) is 12.8. The molecule has 0 N–H and O–H groups in total. The maximum absolute atomic E-state index is 13.2. The van der Waals surface area contributed by atoms with E-state index in [1.54, 1.807) is 13.0 Å². The van der Waals surface area contributed by atoms with E-state index in [-0.39, 0.29) is 30.5 Å². The number of hydrogen-bond donors (Lipinski definition) is 0. The fourth-order valence-electron chi connectivity index (χ4n) is 3.30. The molecular weight excluding hydrogens is 374 g/mol. The van der Waals surface area contributed by atoms with Gasteiger partial charge in [-0.2, -0.15) is 5.10 Å². The molecule has 0 radical (unpaired) electrons. The molecular formula is C18H20F2N4O2S. The van der Waals surface area contributed by atoms with E-state index >= 15 is 0 Å². The van der Waals surface area contributed by atoms with E-state index in [1.807, 2.05) is 0 Å². The SMILES string of the molecule is C=CCN(C(=O)Cn1nc(C(F)F)c2c1CCC2)c1nc(C)c(C(C)=O)s1. The average molecular weight is 394 g/mol. The number of carbonyl (C=O) groups is 2. The molecule has 2 heterocycles. The van der Waals surface area contributed by atoms with Crippen LogP contribution in [0.15, 0.2) is 12.7 Å². The van der Waals surface area contributed by atoms with Crippen LogP contribution in [0.3, 0.4) is 0 Å². The number of thiazole rings is 1. The number of halogens is 2. The van der Waals surface area contributed by atoms with Crippen LogP contribution in [-0.2, 0) is 24.2 Å². The Balaban J connectivity index is 1.89. The van der Waals surface area contributed by atoms with Crippen molar-refractivity contribution in [2.24, 2.45) is 0 Å². The van der Waals surface area contributed by atoms with Gasteiger partial charge in [0.05, 0.1) is 10.6 Å². The molecule has 2 aromatic heterocycles. The summed E-state index contributed by atoms with van der Waals surface area (Å²) in [7, 11) is 0. The van der Waals surface area contributed by atoms with Gasteiger partial charge in [0.1, 0.15) is 12.2 Å². The van der Waals surface area contributed by atoms with Gasteiger partial charge in [-0.1, -0.05) is 17.4 Å². The molecule has 0 saturated heterocycles. The highest BCUT2D eigenvalue weighted by Gasteiger charge is 2.29. The van der Waals surface area contributed by atoms with Crippen LogP contribution in [0.5, 0.6) is 0 Å². The first kappa shape index (κ1) is 19.3. The predicted octanol–water partition coefficient (Wildman–Crippen LogP) is 3.50. The summed E-state index contributed by atoms with van der Waals surface area (Å²) < 4.78 is 27.8. The maximum Gasteiger partial charge on any atom is 0.282 e. The van der Waals surface area contributed by atoms with Crippen molar-refractivity contribution >= 4 is 28.2 Å². The van der Waals surface area contributed by atoms with Crippen molar-refractivity contribution in [1.82, 2.24) is 14.8 Å². The van der Waals surface area contributed by atoms with Crippen LogP contribution in [0, 0.1) is 6.92 Å². The highest BCUT2D eigenvalue weighted by Crippen LogP contribution is 2.32. The minimum absolute atomic E-state index is 0.117. The third-order valence-corrected chi connectivity index (χ3v) is 5.76. The highest BCUT2D eigenvalue weighted by molar-refractivity contribution is 7.17. The zero-order valence-electron chi connectivity index (χ0n) is 15.2. The summed E-state index contributed by atoms with van der Waals surface area (Å²) in [5.41, 5.74) is 1.60. The largest absolute Gasteiger partial charge is 0.294 e. The second kappa shape index (κ2) is 7.67. The second-order valence-electron chi connectivity index (χ2n) is 6.38. The zero-order chi connectivity index (χ0) is 19.7. The van der Waals surface area contributed by atoms with Crippen LogP contribution in [-0.4, -0.2) is 33.0 Å². The topological polar surface area (TPSA) is 68.1 Å². The molecule has 2 aromatic rings. The molecule has 3 rings (SSSR count). The van der Waals surface area contributed by atoms with Gasteiger partial charge in [-0.3, -0.25) is 19.2 Å². The van der Waals surface area contributed by atoms with E-state index in [9.17, 15) is 18.4 Å². The van der Waals surface area contributed by atoms with Gasteiger partial charge < -0.3 is 0 Å². The van der Waals surface area contributed by atoms with Crippen LogP contribution in [0.1, 0.15) is 52.1 Å². The molecule has 6 nitrogen and oxygen atoms in total. The van der Waals surface area contributed by atoms with Gasteiger partial charge in [0, 0.05) is 24.7 Å². The van der Waals surface area contributed by atoms with Crippen molar-refractivity contribution in [2.45, 2.75) is 46.1 Å². The van der Waals surface area contributed by atoms with E-state index in [4.69, 9.17) is 0 Å². The van der Waals surface area contributed by atoms with Crippen molar-refractivity contribution in [1.29, 1.82) is 0 Å². The average Bonchev–Trinajstić information content (AvgIpc) is 3.28. The number of ketones is 1. The minimum Gasteiger partial charge on any atom is -0.294 e. The number of Topliss-reactive ketones (excluding diaryl/α,β-unsaturated/α-hetero) is 1. The Labute approximate surface area is 159 Å². The predicted molar refractivity (Wildman–Crippen MR) is 98.6 cm³/mol.